The Bertz CT molecular complexity index is 811. The number of nitrogens with zero attached hydrogens (tertiary/aromatic N) is 2. The molecule has 0 spiro atoms. The zero-order chi connectivity index (χ0) is 19.1. The quantitative estimate of drug-likeness (QED) is 0.857. The van der Waals surface area contributed by atoms with Crippen molar-refractivity contribution in [3.8, 4) is 5.69 Å². The molecular weight excluding hydrogens is 340 g/mol. The summed E-state index contributed by atoms with van der Waals surface area (Å²) in [7, 11) is 0. The van der Waals surface area contributed by atoms with Crippen molar-refractivity contribution in [1.82, 2.24) is 15.1 Å². The van der Waals surface area contributed by atoms with Gasteiger partial charge in [-0.2, -0.15) is 13.9 Å². The maximum Gasteiger partial charge on any atom is 0.352 e. The Labute approximate surface area is 151 Å². The van der Waals surface area contributed by atoms with E-state index in [1.165, 1.54) is 0 Å². The molecule has 3 rings (SSSR count). The van der Waals surface area contributed by atoms with Crippen molar-refractivity contribution < 1.29 is 18.7 Å². The fourth-order valence-electron chi connectivity index (χ4n) is 3.20. The lowest BCUT2D eigenvalue weighted by Crippen LogP contribution is -2.60. The molecular formula is C19H23F2N3O2. The highest BCUT2D eigenvalue weighted by atomic mass is 19.3. The van der Waals surface area contributed by atoms with E-state index in [-0.39, 0.29) is 12.8 Å². The molecule has 140 valence electrons. The van der Waals surface area contributed by atoms with Gasteiger partial charge in [0.25, 0.3) is 5.91 Å². The van der Waals surface area contributed by atoms with Gasteiger partial charge in [-0.15, -0.1) is 0 Å². The van der Waals surface area contributed by atoms with Crippen LogP contribution in [0.3, 0.4) is 0 Å². The summed E-state index contributed by atoms with van der Waals surface area (Å²) in [5.41, 5.74) is 1.23. The van der Waals surface area contributed by atoms with E-state index in [0.717, 1.165) is 17.1 Å². The molecule has 0 aliphatic heterocycles. The molecule has 2 N–H and O–H groups in total. The first-order valence-electron chi connectivity index (χ1n) is 8.69. The molecule has 1 aromatic heterocycles. The Hall–Kier alpha value is -2.28. The number of carbonyl (C=O) groups excluding carboxylic acids is 1. The van der Waals surface area contributed by atoms with Crippen molar-refractivity contribution in [2.24, 2.45) is 0 Å². The minimum Gasteiger partial charge on any atom is -0.383 e. The van der Waals surface area contributed by atoms with Gasteiger partial charge in [-0.25, -0.2) is 4.68 Å². The van der Waals surface area contributed by atoms with Crippen LogP contribution < -0.4 is 5.32 Å². The number of nitrogens with one attached hydrogen (secondary N) is 1. The summed E-state index contributed by atoms with van der Waals surface area (Å²) in [6.45, 7) is 5.49. The Kier molecular flexibility index (Phi) is 4.60. The van der Waals surface area contributed by atoms with Gasteiger partial charge in [0.05, 0.1) is 17.4 Å². The summed E-state index contributed by atoms with van der Waals surface area (Å²) >= 11 is 0. The van der Waals surface area contributed by atoms with Crippen molar-refractivity contribution in [2.75, 3.05) is 0 Å². The molecule has 0 saturated heterocycles. The van der Waals surface area contributed by atoms with E-state index in [9.17, 15) is 18.7 Å². The third-order valence-corrected chi connectivity index (χ3v) is 5.05. The van der Waals surface area contributed by atoms with E-state index in [1.807, 2.05) is 32.0 Å². The number of alkyl halides is 2. The zero-order valence-electron chi connectivity index (χ0n) is 15.1. The fourth-order valence-corrected chi connectivity index (χ4v) is 3.20. The van der Waals surface area contributed by atoms with Gasteiger partial charge >= 0.3 is 5.92 Å². The van der Waals surface area contributed by atoms with Gasteiger partial charge in [-0.1, -0.05) is 12.1 Å². The monoisotopic (exact) mass is 363 g/mol. The third-order valence-electron chi connectivity index (χ3n) is 5.05. The summed E-state index contributed by atoms with van der Waals surface area (Å²) in [4.78, 5) is 12.0. The van der Waals surface area contributed by atoms with E-state index in [2.05, 4.69) is 10.4 Å². The fraction of sp³-hybridized carbons (Fsp3) is 0.474. The van der Waals surface area contributed by atoms with Gasteiger partial charge in [0.1, 0.15) is 5.60 Å². The Morgan fingerprint density at radius 1 is 1.31 bits per heavy atom. The van der Waals surface area contributed by atoms with Crippen LogP contribution in [0.15, 0.2) is 30.3 Å². The van der Waals surface area contributed by atoms with Gasteiger partial charge in [-0.3, -0.25) is 4.79 Å². The molecule has 1 atom stereocenters. The van der Waals surface area contributed by atoms with Crippen LogP contribution in [-0.2, 0) is 4.79 Å². The van der Waals surface area contributed by atoms with E-state index < -0.39 is 23.5 Å². The highest BCUT2D eigenvalue weighted by Crippen LogP contribution is 2.44. The number of halogens is 2. The highest BCUT2D eigenvalue weighted by molar-refractivity contribution is 5.85. The Balaban J connectivity index is 1.71. The number of hydrogen-bond acceptors (Lipinski definition) is 3. The SMILES string of the molecule is Cc1cc(C)n(-c2ccc([C@@H](C)NC(=O)C(F)(F)C3(O)CCC3)cc2)n1. The molecule has 1 heterocycles. The molecule has 7 heteroatoms. The minimum absolute atomic E-state index is 0.0564. The number of aryl methyl sites for hydroxylation is 2. The second-order valence-corrected chi connectivity index (χ2v) is 7.09. The molecule has 1 fully saturated rings. The van der Waals surface area contributed by atoms with Crippen LogP contribution in [-0.4, -0.2) is 32.3 Å². The molecule has 1 saturated carbocycles. The number of amides is 1. The normalized spacial score (nSPS) is 17.5. The van der Waals surface area contributed by atoms with E-state index in [0.29, 0.717) is 12.0 Å². The molecule has 1 aliphatic rings. The lowest BCUT2D eigenvalue weighted by Gasteiger charge is -2.41. The second kappa shape index (κ2) is 6.46. The van der Waals surface area contributed by atoms with Gasteiger partial charge in [0.15, 0.2) is 0 Å². The van der Waals surface area contributed by atoms with Gasteiger partial charge in [-0.05, 0) is 63.8 Å². The molecule has 26 heavy (non-hydrogen) atoms. The molecule has 1 aromatic carbocycles. The maximum atomic E-state index is 14.2. The third kappa shape index (κ3) is 3.11. The molecule has 1 amide bonds. The molecule has 5 nitrogen and oxygen atoms in total. The van der Waals surface area contributed by atoms with Crippen LogP contribution in [0.1, 0.15) is 49.2 Å². The highest BCUT2D eigenvalue weighted by Gasteiger charge is 2.61. The van der Waals surface area contributed by atoms with Gasteiger partial charge in [0, 0.05) is 5.69 Å². The van der Waals surface area contributed by atoms with Crippen molar-refractivity contribution in [3.05, 3.63) is 47.3 Å². The van der Waals surface area contributed by atoms with Crippen LogP contribution in [0.2, 0.25) is 0 Å². The maximum absolute atomic E-state index is 14.2. The number of aliphatic hydroxyl groups is 1. The average molecular weight is 363 g/mol. The molecule has 2 aromatic rings. The molecule has 0 bridgehead atoms. The predicted molar refractivity (Wildman–Crippen MR) is 93.3 cm³/mol. The van der Waals surface area contributed by atoms with Crippen molar-refractivity contribution >= 4 is 5.91 Å². The number of rotatable bonds is 5. The van der Waals surface area contributed by atoms with Crippen LogP contribution in [0.25, 0.3) is 5.69 Å². The summed E-state index contributed by atoms with van der Waals surface area (Å²) < 4.78 is 30.2. The van der Waals surface area contributed by atoms with Gasteiger partial charge in [0.2, 0.25) is 0 Å². The number of benzene rings is 1. The predicted octanol–water partition coefficient (Wildman–Crippen LogP) is 3.22. The lowest BCUT2D eigenvalue weighted by molar-refractivity contribution is -0.216. The zero-order valence-corrected chi connectivity index (χ0v) is 15.1. The first kappa shape index (κ1) is 18.5. The average Bonchev–Trinajstić information content (AvgIpc) is 2.90. The number of hydrogen-bond donors (Lipinski definition) is 2. The van der Waals surface area contributed by atoms with Crippen LogP contribution in [0.5, 0.6) is 0 Å². The van der Waals surface area contributed by atoms with Crippen LogP contribution in [0.4, 0.5) is 8.78 Å². The summed E-state index contributed by atoms with van der Waals surface area (Å²) in [6.07, 6.45) is 0.390. The van der Waals surface area contributed by atoms with Crippen LogP contribution in [0, 0.1) is 13.8 Å². The summed E-state index contributed by atoms with van der Waals surface area (Å²) in [6, 6.07) is 8.56. The molecule has 0 unspecified atom stereocenters. The van der Waals surface area contributed by atoms with Crippen molar-refractivity contribution in [1.29, 1.82) is 0 Å². The first-order valence-corrected chi connectivity index (χ1v) is 8.69. The second-order valence-electron chi connectivity index (χ2n) is 7.09. The smallest absolute Gasteiger partial charge is 0.352 e. The topological polar surface area (TPSA) is 67.2 Å². The van der Waals surface area contributed by atoms with Crippen LogP contribution >= 0.6 is 0 Å². The van der Waals surface area contributed by atoms with E-state index in [4.69, 9.17) is 0 Å². The van der Waals surface area contributed by atoms with E-state index in [1.54, 1.807) is 23.7 Å². The van der Waals surface area contributed by atoms with Crippen molar-refractivity contribution in [3.63, 3.8) is 0 Å². The Morgan fingerprint density at radius 3 is 2.38 bits per heavy atom. The standard InChI is InChI=1S/C19H23F2N3O2/c1-12-11-13(2)24(23-12)16-7-5-15(6-8-16)14(3)22-17(25)19(20,21)18(26)9-4-10-18/h5-8,11,14,26H,4,9-10H2,1-3H3,(H,22,25)/t14-/m1/s1. The molecule has 0 radical (unpaired) electrons. The summed E-state index contributed by atoms with van der Waals surface area (Å²) in [5, 5.41) is 16.6. The first-order chi connectivity index (χ1) is 12.1. The summed E-state index contributed by atoms with van der Waals surface area (Å²) in [5.74, 6) is -5.22. The molecule has 1 aliphatic carbocycles. The van der Waals surface area contributed by atoms with E-state index >= 15 is 0 Å². The number of carbonyl (C=O) groups is 1. The van der Waals surface area contributed by atoms with Gasteiger partial charge < -0.3 is 10.4 Å². The largest absolute Gasteiger partial charge is 0.383 e. The number of aromatic nitrogens is 2. The minimum atomic E-state index is -3.79. The van der Waals surface area contributed by atoms with Crippen molar-refractivity contribution in [2.45, 2.75) is 57.6 Å². The lowest BCUT2D eigenvalue weighted by atomic mass is 9.75. The Morgan fingerprint density at radius 2 is 1.92 bits per heavy atom.